The molecule has 1 aromatic rings. The lowest BCUT2D eigenvalue weighted by atomic mass is 9.81. The normalized spacial score (nSPS) is 26.1. The molecule has 6 heteroatoms. The number of likely N-dealkylation sites (tertiary alicyclic amines) is 1. The number of methoxy groups -OCH3 is 1. The maximum Gasteiger partial charge on any atom is 0.311 e. The molecule has 2 fully saturated rings. The van der Waals surface area contributed by atoms with E-state index in [1.807, 2.05) is 29.2 Å². The fraction of sp³-hybridized carbons (Fsp3) is 0.556. The number of nitrogens with zero attached hydrogens (tertiary/aromatic N) is 1. The van der Waals surface area contributed by atoms with Crippen molar-refractivity contribution < 1.29 is 19.4 Å². The van der Waals surface area contributed by atoms with Crippen LogP contribution in [0.1, 0.15) is 24.8 Å². The number of rotatable bonds is 6. The van der Waals surface area contributed by atoms with Gasteiger partial charge < -0.3 is 15.2 Å². The summed E-state index contributed by atoms with van der Waals surface area (Å²) in [7, 11) is 1.62. The molecule has 0 spiro atoms. The number of hydrogen-bond donors (Lipinski definition) is 2. The summed E-state index contributed by atoms with van der Waals surface area (Å²) in [5, 5.41) is 12.5. The van der Waals surface area contributed by atoms with Crippen LogP contribution < -0.4 is 10.1 Å². The number of carboxylic acids is 1. The Hall–Kier alpha value is -2.08. The van der Waals surface area contributed by atoms with Crippen molar-refractivity contribution in [2.45, 2.75) is 25.8 Å². The average molecular weight is 332 g/mol. The summed E-state index contributed by atoms with van der Waals surface area (Å²) in [5.41, 5.74) is 0.375. The Morgan fingerprint density at radius 1 is 1.38 bits per heavy atom. The number of carboxylic acid groups (broad SMARTS) is 1. The molecule has 0 aromatic heterocycles. The third-order valence-electron chi connectivity index (χ3n) is 5.38. The van der Waals surface area contributed by atoms with Gasteiger partial charge in [-0.05, 0) is 36.5 Å². The zero-order valence-electron chi connectivity index (χ0n) is 14.0. The molecule has 1 saturated carbocycles. The van der Waals surface area contributed by atoms with Crippen molar-refractivity contribution in [3.63, 3.8) is 0 Å². The molecule has 24 heavy (non-hydrogen) atoms. The highest BCUT2D eigenvalue weighted by molar-refractivity contribution is 5.79. The number of carbonyl (C=O) groups excluding carboxylic acids is 1. The molecule has 6 nitrogen and oxygen atoms in total. The Morgan fingerprint density at radius 2 is 2.12 bits per heavy atom. The van der Waals surface area contributed by atoms with Gasteiger partial charge in [0.2, 0.25) is 5.91 Å². The number of benzene rings is 1. The van der Waals surface area contributed by atoms with Gasteiger partial charge in [0.15, 0.2) is 0 Å². The van der Waals surface area contributed by atoms with Gasteiger partial charge in [-0.2, -0.15) is 0 Å². The van der Waals surface area contributed by atoms with E-state index in [1.165, 1.54) is 0 Å². The fourth-order valence-electron chi connectivity index (χ4n) is 4.07. The first-order valence-electron chi connectivity index (χ1n) is 8.39. The summed E-state index contributed by atoms with van der Waals surface area (Å²) in [6, 6.07) is 7.55. The van der Waals surface area contributed by atoms with Crippen molar-refractivity contribution in [2.75, 3.05) is 26.7 Å². The van der Waals surface area contributed by atoms with Crippen LogP contribution in [0.15, 0.2) is 24.3 Å². The lowest BCUT2D eigenvalue weighted by molar-refractivity contribution is -0.149. The maximum atomic E-state index is 12.2. The molecule has 3 rings (SSSR count). The van der Waals surface area contributed by atoms with Gasteiger partial charge in [-0.25, -0.2) is 0 Å². The number of ether oxygens (including phenoxy) is 1. The minimum Gasteiger partial charge on any atom is -0.497 e. The number of amides is 1. The van der Waals surface area contributed by atoms with E-state index in [-0.39, 0.29) is 18.4 Å². The molecule has 1 heterocycles. The van der Waals surface area contributed by atoms with Crippen LogP contribution >= 0.6 is 0 Å². The first-order valence-corrected chi connectivity index (χ1v) is 8.39. The van der Waals surface area contributed by atoms with Gasteiger partial charge in [-0.3, -0.25) is 14.5 Å². The smallest absolute Gasteiger partial charge is 0.311 e. The Morgan fingerprint density at radius 3 is 2.75 bits per heavy atom. The second kappa shape index (κ2) is 6.81. The van der Waals surface area contributed by atoms with Gasteiger partial charge in [-0.15, -0.1) is 0 Å². The summed E-state index contributed by atoms with van der Waals surface area (Å²) in [6.07, 6.45) is 2.67. The van der Waals surface area contributed by atoms with Crippen LogP contribution in [0.5, 0.6) is 5.75 Å². The van der Waals surface area contributed by atoms with Crippen LogP contribution in [0.4, 0.5) is 0 Å². The highest BCUT2D eigenvalue weighted by Gasteiger charge is 2.54. The lowest BCUT2D eigenvalue weighted by Gasteiger charge is -2.23. The molecule has 1 aromatic carbocycles. The molecule has 1 amide bonds. The number of nitrogens with one attached hydrogen (secondary N) is 1. The SMILES string of the molecule is COc1ccc(CNC(=O)CN2C[C@@H]3CCC[C@@]3(C(=O)O)C2)cc1. The van der Waals surface area contributed by atoms with E-state index in [4.69, 9.17) is 4.74 Å². The molecule has 130 valence electrons. The molecule has 1 saturated heterocycles. The minimum absolute atomic E-state index is 0.0636. The molecule has 0 radical (unpaired) electrons. The fourth-order valence-corrected chi connectivity index (χ4v) is 4.07. The van der Waals surface area contributed by atoms with Crippen LogP contribution in [0.25, 0.3) is 0 Å². The predicted octanol–water partition coefficient (Wildman–Crippen LogP) is 1.50. The molecular formula is C18H24N2O4. The van der Waals surface area contributed by atoms with Gasteiger partial charge in [0, 0.05) is 19.6 Å². The summed E-state index contributed by atoms with van der Waals surface area (Å²) < 4.78 is 5.11. The summed E-state index contributed by atoms with van der Waals surface area (Å²) in [4.78, 5) is 25.8. The molecule has 2 N–H and O–H groups in total. The van der Waals surface area contributed by atoms with Crippen LogP contribution in [0.2, 0.25) is 0 Å². The maximum absolute atomic E-state index is 12.2. The van der Waals surface area contributed by atoms with E-state index in [2.05, 4.69) is 5.32 Å². The molecule has 2 atom stereocenters. The number of carbonyl (C=O) groups is 2. The third kappa shape index (κ3) is 3.24. The molecule has 1 aliphatic heterocycles. The Balaban J connectivity index is 1.50. The van der Waals surface area contributed by atoms with E-state index < -0.39 is 11.4 Å². The highest BCUT2D eigenvalue weighted by Crippen LogP contribution is 2.48. The van der Waals surface area contributed by atoms with E-state index in [0.717, 1.165) is 30.6 Å². The van der Waals surface area contributed by atoms with Crippen molar-refractivity contribution in [1.82, 2.24) is 10.2 Å². The Labute approximate surface area is 141 Å². The first kappa shape index (κ1) is 16.8. The standard InChI is InChI=1S/C18H24N2O4/c1-24-15-6-4-13(5-7-15)9-19-16(21)11-20-10-14-3-2-8-18(14,12-20)17(22)23/h4-7,14H,2-3,8-12H2,1H3,(H,19,21)(H,22,23)/t14-,18+/m0/s1. The van der Waals surface area contributed by atoms with E-state index >= 15 is 0 Å². The van der Waals surface area contributed by atoms with Crippen LogP contribution in [-0.4, -0.2) is 48.6 Å². The summed E-state index contributed by atoms with van der Waals surface area (Å²) >= 11 is 0. The first-order chi connectivity index (χ1) is 11.5. The zero-order valence-corrected chi connectivity index (χ0v) is 14.0. The van der Waals surface area contributed by atoms with Crippen LogP contribution in [-0.2, 0) is 16.1 Å². The third-order valence-corrected chi connectivity index (χ3v) is 5.38. The zero-order chi connectivity index (χ0) is 17.2. The Kier molecular flexibility index (Phi) is 4.76. The second-order valence-electron chi connectivity index (χ2n) is 6.84. The van der Waals surface area contributed by atoms with Gasteiger partial charge in [-0.1, -0.05) is 18.6 Å². The highest BCUT2D eigenvalue weighted by atomic mass is 16.5. The minimum atomic E-state index is -0.703. The van der Waals surface area contributed by atoms with Crippen LogP contribution in [0.3, 0.4) is 0 Å². The monoisotopic (exact) mass is 332 g/mol. The van der Waals surface area contributed by atoms with Crippen molar-refractivity contribution in [1.29, 1.82) is 0 Å². The van der Waals surface area contributed by atoms with E-state index in [1.54, 1.807) is 7.11 Å². The molecule has 1 aliphatic carbocycles. The number of hydrogen-bond acceptors (Lipinski definition) is 4. The Bertz CT molecular complexity index is 616. The summed E-state index contributed by atoms with van der Waals surface area (Å²) in [5.74, 6) is 0.203. The molecule has 0 unspecified atom stereocenters. The van der Waals surface area contributed by atoms with Crippen molar-refractivity contribution >= 4 is 11.9 Å². The van der Waals surface area contributed by atoms with Crippen molar-refractivity contribution in [2.24, 2.45) is 11.3 Å². The van der Waals surface area contributed by atoms with Crippen molar-refractivity contribution in [3.05, 3.63) is 29.8 Å². The predicted molar refractivity (Wildman–Crippen MR) is 88.7 cm³/mol. The second-order valence-corrected chi connectivity index (χ2v) is 6.84. The van der Waals surface area contributed by atoms with Gasteiger partial charge in [0.05, 0.1) is 19.1 Å². The summed E-state index contributed by atoms with van der Waals surface area (Å²) in [6.45, 7) is 1.93. The van der Waals surface area contributed by atoms with Gasteiger partial charge in [0.1, 0.15) is 5.75 Å². The molecule has 2 aliphatic rings. The van der Waals surface area contributed by atoms with Gasteiger partial charge in [0.25, 0.3) is 0 Å². The topological polar surface area (TPSA) is 78.9 Å². The van der Waals surface area contributed by atoms with Crippen molar-refractivity contribution in [3.8, 4) is 5.75 Å². The van der Waals surface area contributed by atoms with Gasteiger partial charge >= 0.3 is 5.97 Å². The largest absolute Gasteiger partial charge is 0.497 e. The molecule has 0 bridgehead atoms. The number of fused-ring (bicyclic) bond motifs is 1. The number of aliphatic carboxylic acids is 1. The van der Waals surface area contributed by atoms with E-state index in [9.17, 15) is 14.7 Å². The average Bonchev–Trinajstić information content (AvgIpc) is 3.11. The lowest BCUT2D eigenvalue weighted by Crippen LogP contribution is -2.39. The van der Waals surface area contributed by atoms with E-state index in [0.29, 0.717) is 19.6 Å². The van der Waals surface area contributed by atoms with Crippen LogP contribution in [0, 0.1) is 11.3 Å². The molecular weight excluding hydrogens is 308 g/mol. The quantitative estimate of drug-likeness (QED) is 0.825.